The number of halogens is 2. The summed E-state index contributed by atoms with van der Waals surface area (Å²) in [6.45, 7) is 4.07. The number of alkyl halides is 1. The summed E-state index contributed by atoms with van der Waals surface area (Å²) in [6.07, 6.45) is 1.79. The zero-order valence-electron chi connectivity index (χ0n) is 10.4. The van der Waals surface area contributed by atoms with Gasteiger partial charge in [-0.2, -0.15) is 0 Å². The Morgan fingerprint density at radius 1 is 1.17 bits per heavy atom. The van der Waals surface area contributed by atoms with Crippen LogP contribution in [0.3, 0.4) is 0 Å². The van der Waals surface area contributed by atoms with Crippen LogP contribution in [0, 0.1) is 6.92 Å². The molecule has 2 rings (SSSR count). The van der Waals surface area contributed by atoms with Crippen molar-refractivity contribution in [1.29, 1.82) is 0 Å². The molecule has 2 atom stereocenters. The number of hydrogen-bond donors (Lipinski definition) is 0. The van der Waals surface area contributed by atoms with E-state index in [4.69, 9.17) is 23.2 Å². The van der Waals surface area contributed by atoms with E-state index in [1.165, 1.54) is 0 Å². The summed E-state index contributed by atoms with van der Waals surface area (Å²) in [7, 11) is 0. The van der Waals surface area contributed by atoms with Gasteiger partial charge in [0.1, 0.15) is 0 Å². The largest absolute Gasteiger partial charge is 0.261 e. The Hall–Kier alpha value is -1.05. The van der Waals surface area contributed by atoms with Crippen molar-refractivity contribution >= 4 is 23.2 Å². The molecule has 0 saturated heterocycles. The van der Waals surface area contributed by atoms with Gasteiger partial charge in [0.25, 0.3) is 0 Å². The molecule has 0 aliphatic carbocycles. The fourth-order valence-electron chi connectivity index (χ4n) is 1.92. The summed E-state index contributed by atoms with van der Waals surface area (Å²) in [5.74, 6) is 0.161. The molecule has 1 aromatic carbocycles. The van der Waals surface area contributed by atoms with Crippen molar-refractivity contribution in [3.8, 4) is 0 Å². The maximum absolute atomic E-state index is 6.53. The van der Waals surface area contributed by atoms with Crippen molar-refractivity contribution in [3.05, 3.63) is 64.4 Å². The third-order valence-electron chi connectivity index (χ3n) is 3.09. The minimum atomic E-state index is -0.101. The Labute approximate surface area is 118 Å². The Morgan fingerprint density at radius 2 is 1.94 bits per heavy atom. The molecule has 18 heavy (non-hydrogen) atoms. The zero-order valence-corrected chi connectivity index (χ0v) is 11.9. The van der Waals surface area contributed by atoms with Crippen molar-refractivity contribution in [1.82, 2.24) is 4.98 Å². The summed E-state index contributed by atoms with van der Waals surface area (Å²) < 4.78 is 0. The highest BCUT2D eigenvalue weighted by Crippen LogP contribution is 2.36. The average Bonchev–Trinajstić information content (AvgIpc) is 2.41. The number of nitrogens with zero attached hydrogens (tertiary/aromatic N) is 1. The van der Waals surface area contributed by atoms with Crippen LogP contribution in [0.5, 0.6) is 0 Å². The van der Waals surface area contributed by atoms with Gasteiger partial charge in [-0.25, -0.2) is 0 Å². The molecule has 94 valence electrons. The summed E-state index contributed by atoms with van der Waals surface area (Å²) in [6, 6.07) is 11.8. The molecule has 0 bridgehead atoms. The summed E-state index contributed by atoms with van der Waals surface area (Å²) in [4.78, 5) is 4.35. The van der Waals surface area contributed by atoms with Gasteiger partial charge >= 0.3 is 0 Å². The lowest BCUT2D eigenvalue weighted by molar-refractivity contribution is 0.706. The lowest BCUT2D eigenvalue weighted by atomic mass is 9.96. The lowest BCUT2D eigenvalue weighted by Crippen LogP contribution is -2.04. The third kappa shape index (κ3) is 2.85. The summed E-state index contributed by atoms with van der Waals surface area (Å²) in [5, 5.41) is 0.670. The van der Waals surface area contributed by atoms with Crippen molar-refractivity contribution in [3.63, 3.8) is 0 Å². The Morgan fingerprint density at radius 3 is 2.56 bits per heavy atom. The van der Waals surface area contributed by atoms with E-state index in [0.717, 1.165) is 21.8 Å². The predicted octanol–water partition coefficient (Wildman–Crippen LogP) is 5.13. The smallest absolute Gasteiger partial charge is 0.0666 e. The van der Waals surface area contributed by atoms with Crippen LogP contribution in [0.1, 0.15) is 35.0 Å². The van der Waals surface area contributed by atoms with E-state index in [-0.39, 0.29) is 11.3 Å². The molecule has 2 aromatic rings. The fraction of sp³-hybridized carbons (Fsp3) is 0.267. The number of benzene rings is 1. The van der Waals surface area contributed by atoms with Crippen LogP contribution in [0.15, 0.2) is 42.6 Å². The van der Waals surface area contributed by atoms with Crippen molar-refractivity contribution in [2.45, 2.75) is 25.1 Å². The normalized spacial score (nSPS) is 14.2. The van der Waals surface area contributed by atoms with Gasteiger partial charge in [0.15, 0.2) is 0 Å². The SMILES string of the molecule is Cc1cc(C(Cl)C(C)c2ccccn2)ccc1Cl. The first-order chi connectivity index (χ1) is 8.59. The summed E-state index contributed by atoms with van der Waals surface area (Å²) in [5.41, 5.74) is 3.13. The number of rotatable bonds is 3. The van der Waals surface area contributed by atoms with Gasteiger partial charge in [-0.05, 0) is 36.2 Å². The van der Waals surface area contributed by atoms with Gasteiger partial charge in [0.2, 0.25) is 0 Å². The molecule has 0 amide bonds. The van der Waals surface area contributed by atoms with Crippen LogP contribution < -0.4 is 0 Å². The monoisotopic (exact) mass is 279 g/mol. The van der Waals surface area contributed by atoms with E-state index in [1.54, 1.807) is 6.20 Å². The van der Waals surface area contributed by atoms with Crippen LogP contribution in [-0.2, 0) is 0 Å². The van der Waals surface area contributed by atoms with Gasteiger partial charge in [0.05, 0.1) is 5.38 Å². The molecule has 0 N–H and O–H groups in total. The van der Waals surface area contributed by atoms with E-state index in [0.29, 0.717) is 0 Å². The highest BCUT2D eigenvalue weighted by molar-refractivity contribution is 6.31. The molecule has 1 aromatic heterocycles. The zero-order chi connectivity index (χ0) is 13.1. The van der Waals surface area contributed by atoms with E-state index in [2.05, 4.69) is 11.9 Å². The van der Waals surface area contributed by atoms with Crippen LogP contribution in [0.2, 0.25) is 5.02 Å². The van der Waals surface area contributed by atoms with Crippen molar-refractivity contribution < 1.29 is 0 Å². The van der Waals surface area contributed by atoms with Crippen molar-refractivity contribution in [2.75, 3.05) is 0 Å². The van der Waals surface area contributed by atoms with E-state index in [9.17, 15) is 0 Å². The molecule has 3 heteroatoms. The maximum Gasteiger partial charge on any atom is 0.0666 e. The number of hydrogen-bond acceptors (Lipinski definition) is 1. The highest BCUT2D eigenvalue weighted by Gasteiger charge is 2.19. The molecule has 1 heterocycles. The first kappa shape index (κ1) is 13.4. The molecule has 2 unspecified atom stereocenters. The van der Waals surface area contributed by atoms with E-state index < -0.39 is 0 Å². The molecule has 0 radical (unpaired) electrons. The second-order valence-electron chi connectivity index (χ2n) is 4.45. The second kappa shape index (κ2) is 5.73. The number of aromatic nitrogens is 1. The standard InChI is InChI=1S/C15H15Cl2N/c1-10-9-12(6-7-13(10)16)15(17)11(2)14-5-3-4-8-18-14/h3-9,11,15H,1-2H3. The third-order valence-corrected chi connectivity index (χ3v) is 4.15. The fourth-order valence-corrected chi connectivity index (χ4v) is 2.31. The van der Waals surface area contributed by atoms with Crippen molar-refractivity contribution in [2.24, 2.45) is 0 Å². The average molecular weight is 280 g/mol. The second-order valence-corrected chi connectivity index (χ2v) is 5.33. The quantitative estimate of drug-likeness (QED) is 0.710. The van der Waals surface area contributed by atoms with E-state index >= 15 is 0 Å². The number of pyridine rings is 1. The topological polar surface area (TPSA) is 12.9 Å². The molecule has 0 saturated carbocycles. The minimum absolute atomic E-state index is 0.101. The Kier molecular flexibility index (Phi) is 4.26. The Balaban J connectivity index is 2.25. The highest BCUT2D eigenvalue weighted by atomic mass is 35.5. The van der Waals surface area contributed by atoms with Gasteiger partial charge in [-0.1, -0.05) is 36.7 Å². The van der Waals surface area contributed by atoms with Gasteiger partial charge in [0, 0.05) is 22.8 Å². The van der Waals surface area contributed by atoms with Gasteiger partial charge in [-0.3, -0.25) is 4.98 Å². The minimum Gasteiger partial charge on any atom is -0.261 e. The molecular formula is C15H15Cl2N. The Bertz CT molecular complexity index is 525. The van der Waals surface area contributed by atoms with E-state index in [1.807, 2.05) is 43.3 Å². The van der Waals surface area contributed by atoms with Crippen LogP contribution >= 0.6 is 23.2 Å². The molecule has 0 aliphatic rings. The molecule has 0 fully saturated rings. The first-order valence-electron chi connectivity index (χ1n) is 5.90. The lowest BCUT2D eigenvalue weighted by Gasteiger charge is -2.18. The molecule has 0 aliphatic heterocycles. The van der Waals surface area contributed by atoms with Crippen LogP contribution in [0.4, 0.5) is 0 Å². The first-order valence-corrected chi connectivity index (χ1v) is 6.72. The van der Waals surface area contributed by atoms with Gasteiger partial charge < -0.3 is 0 Å². The van der Waals surface area contributed by atoms with Crippen LogP contribution in [0.25, 0.3) is 0 Å². The predicted molar refractivity (Wildman–Crippen MR) is 77.4 cm³/mol. The molecule has 0 spiro atoms. The molecule has 1 nitrogen and oxygen atoms in total. The van der Waals surface area contributed by atoms with Gasteiger partial charge in [-0.15, -0.1) is 11.6 Å². The molecular weight excluding hydrogens is 265 g/mol. The summed E-state index contributed by atoms with van der Waals surface area (Å²) >= 11 is 12.6. The maximum atomic E-state index is 6.53. The number of aryl methyl sites for hydroxylation is 1. The van der Waals surface area contributed by atoms with Crippen LogP contribution in [-0.4, -0.2) is 4.98 Å².